The summed E-state index contributed by atoms with van der Waals surface area (Å²) in [4.78, 5) is 30.4. The molecule has 8 heteroatoms. The number of fused-ring (bicyclic) bond motifs is 1. The molecule has 2 atom stereocenters. The molecule has 0 saturated heterocycles. The Labute approximate surface area is 221 Å². The third-order valence-corrected chi connectivity index (χ3v) is 7.83. The van der Waals surface area contributed by atoms with Crippen LogP contribution in [0, 0.1) is 0 Å². The maximum Gasteiger partial charge on any atom is 0.268 e. The molecule has 0 spiro atoms. The van der Waals surface area contributed by atoms with Crippen LogP contribution in [0.3, 0.4) is 0 Å². The van der Waals surface area contributed by atoms with Gasteiger partial charge in [-0.2, -0.15) is 0 Å². The van der Waals surface area contributed by atoms with Crippen LogP contribution in [0.1, 0.15) is 48.6 Å². The molecule has 1 saturated carbocycles. The molecule has 1 aliphatic carbocycles. The Morgan fingerprint density at radius 1 is 1.03 bits per heavy atom. The number of thiophene rings is 1. The van der Waals surface area contributed by atoms with Gasteiger partial charge >= 0.3 is 0 Å². The number of carbonyl (C=O) groups is 2. The summed E-state index contributed by atoms with van der Waals surface area (Å²) < 4.78 is 17.2. The van der Waals surface area contributed by atoms with Crippen LogP contribution >= 0.6 is 11.3 Å². The number of carbonyl (C=O) groups excluding carboxylic acids is 2. The molecule has 1 aliphatic heterocycles. The van der Waals surface area contributed by atoms with Gasteiger partial charge in [-0.3, -0.25) is 9.59 Å². The third-order valence-electron chi connectivity index (χ3n) is 6.90. The lowest BCUT2D eigenvalue weighted by atomic mass is 9.95. The van der Waals surface area contributed by atoms with Gasteiger partial charge in [0, 0.05) is 17.5 Å². The van der Waals surface area contributed by atoms with Gasteiger partial charge < -0.3 is 24.4 Å². The number of ether oxygens (including phenoxy) is 3. The van der Waals surface area contributed by atoms with E-state index in [1.165, 1.54) is 17.8 Å². The van der Waals surface area contributed by atoms with Crippen molar-refractivity contribution in [1.29, 1.82) is 0 Å². The molecule has 1 aromatic heterocycles. The van der Waals surface area contributed by atoms with Crippen molar-refractivity contribution in [1.82, 2.24) is 10.2 Å². The number of amides is 2. The summed E-state index contributed by atoms with van der Waals surface area (Å²) in [6, 6.07) is 18.0. The van der Waals surface area contributed by atoms with Crippen LogP contribution in [0.4, 0.5) is 0 Å². The van der Waals surface area contributed by atoms with Crippen molar-refractivity contribution in [2.45, 2.75) is 56.8 Å². The zero-order valence-electron chi connectivity index (χ0n) is 20.9. The highest BCUT2D eigenvalue weighted by Crippen LogP contribution is 2.34. The van der Waals surface area contributed by atoms with Crippen LogP contribution in [0.5, 0.6) is 17.2 Å². The van der Waals surface area contributed by atoms with Gasteiger partial charge in [-0.1, -0.05) is 49.6 Å². The largest absolute Gasteiger partial charge is 0.497 e. The highest BCUT2D eigenvalue weighted by molar-refractivity contribution is 7.10. The van der Waals surface area contributed by atoms with Crippen molar-refractivity contribution in [3.05, 3.63) is 76.5 Å². The first-order chi connectivity index (χ1) is 18.1. The quantitative estimate of drug-likeness (QED) is 0.446. The molecule has 2 aliphatic rings. The van der Waals surface area contributed by atoms with Crippen molar-refractivity contribution >= 4 is 23.2 Å². The average molecular weight is 521 g/mol. The predicted octanol–water partition coefficient (Wildman–Crippen LogP) is 5.12. The molecule has 2 heterocycles. The zero-order chi connectivity index (χ0) is 25.6. The number of benzene rings is 2. The van der Waals surface area contributed by atoms with Gasteiger partial charge in [-0.15, -0.1) is 11.3 Å². The molecule has 37 heavy (non-hydrogen) atoms. The second-order valence-electron chi connectivity index (χ2n) is 9.44. The molecule has 2 aromatic carbocycles. The Morgan fingerprint density at radius 3 is 2.49 bits per heavy atom. The second kappa shape index (κ2) is 11.7. The summed E-state index contributed by atoms with van der Waals surface area (Å²) >= 11 is 1.47. The fourth-order valence-electron chi connectivity index (χ4n) is 4.95. The topological polar surface area (TPSA) is 77.1 Å². The van der Waals surface area contributed by atoms with Crippen LogP contribution in [0.15, 0.2) is 66.0 Å². The summed E-state index contributed by atoms with van der Waals surface area (Å²) in [5.74, 6) is 1.41. The van der Waals surface area contributed by atoms with E-state index in [9.17, 15) is 9.59 Å². The number of nitrogens with zero attached hydrogens (tertiary/aromatic N) is 1. The summed E-state index contributed by atoms with van der Waals surface area (Å²) in [6.07, 6.45) is 4.48. The minimum Gasteiger partial charge on any atom is -0.497 e. The molecular formula is C29H32N2O5S. The summed E-state index contributed by atoms with van der Waals surface area (Å²) in [5.41, 5.74) is 0.887. The summed E-state index contributed by atoms with van der Waals surface area (Å²) in [5, 5.41) is 5.18. The van der Waals surface area contributed by atoms with Gasteiger partial charge in [0.2, 0.25) is 12.0 Å². The molecule has 1 N–H and O–H groups in total. The Kier molecular flexibility index (Phi) is 7.94. The molecule has 0 unspecified atom stereocenters. The van der Waals surface area contributed by atoms with Crippen molar-refractivity contribution in [3.63, 3.8) is 0 Å². The van der Waals surface area contributed by atoms with Crippen LogP contribution < -0.4 is 19.5 Å². The molecule has 0 radical (unpaired) electrons. The molecule has 7 nitrogen and oxygen atoms in total. The Balaban J connectivity index is 1.46. The number of methoxy groups -OCH3 is 1. The smallest absolute Gasteiger partial charge is 0.268 e. The lowest BCUT2D eigenvalue weighted by molar-refractivity contribution is -0.149. The second-order valence-corrected chi connectivity index (χ2v) is 10.4. The maximum atomic E-state index is 14.1. The van der Waals surface area contributed by atoms with E-state index in [1.54, 1.807) is 18.1 Å². The van der Waals surface area contributed by atoms with E-state index >= 15 is 0 Å². The maximum absolute atomic E-state index is 14.1. The number of hydrogen-bond acceptors (Lipinski definition) is 6. The van der Waals surface area contributed by atoms with Crippen LogP contribution in [0.25, 0.3) is 0 Å². The minimum atomic E-state index is -0.863. The normalized spacial score (nSPS) is 18.0. The SMILES string of the molecule is COc1ccc(CN(C(=O)[C@@H]2COc3ccccc3O2)[C@H](C(=O)NC2CCCCC2)c2cccs2)cc1. The van der Waals surface area contributed by atoms with Gasteiger partial charge in [0.05, 0.1) is 7.11 Å². The van der Waals surface area contributed by atoms with Gasteiger partial charge in [0.25, 0.3) is 5.91 Å². The Hall–Kier alpha value is -3.52. The molecule has 1 fully saturated rings. The minimum absolute atomic E-state index is 0.0797. The molecule has 194 valence electrons. The first-order valence-electron chi connectivity index (χ1n) is 12.8. The number of hydrogen-bond donors (Lipinski definition) is 1. The fourth-order valence-corrected chi connectivity index (χ4v) is 5.78. The first kappa shape index (κ1) is 25.1. The van der Waals surface area contributed by atoms with E-state index in [4.69, 9.17) is 14.2 Å². The number of nitrogens with one attached hydrogen (secondary N) is 1. The first-order valence-corrected chi connectivity index (χ1v) is 13.7. The monoisotopic (exact) mass is 520 g/mol. The highest BCUT2D eigenvalue weighted by atomic mass is 32.1. The molecular weight excluding hydrogens is 488 g/mol. The van der Waals surface area contributed by atoms with Gasteiger partial charge in [-0.25, -0.2) is 0 Å². The van der Waals surface area contributed by atoms with Gasteiger partial charge in [0.1, 0.15) is 18.4 Å². The number of para-hydroxylation sites is 2. The van der Waals surface area contributed by atoms with E-state index in [0.29, 0.717) is 11.5 Å². The van der Waals surface area contributed by atoms with Crippen molar-refractivity contribution in [2.24, 2.45) is 0 Å². The van der Waals surface area contributed by atoms with E-state index < -0.39 is 12.1 Å². The van der Waals surface area contributed by atoms with Crippen molar-refractivity contribution in [3.8, 4) is 17.2 Å². The van der Waals surface area contributed by atoms with E-state index in [1.807, 2.05) is 60.0 Å². The summed E-state index contributed by atoms with van der Waals surface area (Å²) in [7, 11) is 1.62. The molecule has 5 rings (SSSR count). The van der Waals surface area contributed by atoms with Crippen LogP contribution in [-0.2, 0) is 16.1 Å². The average Bonchev–Trinajstić information content (AvgIpc) is 3.47. The fraction of sp³-hybridized carbons (Fsp3) is 0.379. The van der Waals surface area contributed by atoms with Crippen molar-refractivity contribution < 1.29 is 23.8 Å². The lowest BCUT2D eigenvalue weighted by Crippen LogP contribution is -2.51. The van der Waals surface area contributed by atoms with E-state index in [2.05, 4.69) is 5.32 Å². The van der Waals surface area contributed by atoms with E-state index in [0.717, 1.165) is 41.9 Å². The van der Waals surface area contributed by atoms with Crippen molar-refractivity contribution in [2.75, 3.05) is 13.7 Å². The summed E-state index contributed by atoms with van der Waals surface area (Å²) in [6.45, 7) is 0.321. The van der Waals surface area contributed by atoms with Crippen LogP contribution in [0.2, 0.25) is 0 Å². The Bertz CT molecular complexity index is 1190. The predicted molar refractivity (Wildman–Crippen MR) is 142 cm³/mol. The lowest BCUT2D eigenvalue weighted by Gasteiger charge is -2.36. The highest BCUT2D eigenvalue weighted by Gasteiger charge is 2.39. The molecule has 2 amide bonds. The third kappa shape index (κ3) is 5.91. The van der Waals surface area contributed by atoms with E-state index in [-0.39, 0.29) is 31.0 Å². The Morgan fingerprint density at radius 2 is 1.78 bits per heavy atom. The standard InChI is InChI=1S/C29H32N2O5S/c1-34-22-15-13-20(14-16-22)18-31(29(33)25-19-35-23-10-5-6-11-24(23)36-25)27(26-12-7-17-37-26)28(32)30-21-8-3-2-4-9-21/h5-7,10-17,21,25,27H,2-4,8-9,18-19H2,1H3,(H,30,32)/t25-,27-/m0/s1. The van der Waals surface area contributed by atoms with Gasteiger partial charge in [-0.05, 0) is 54.1 Å². The van der Waals surface area contributed by atoms with Gasteiger partial charge in [0.15, 0.2) is 11.5 Å². The molecule has 0 bridgehead atoms. The zero-order valence-corrected chi connectivity index (χ0v) is 21.7. The van der Waals surface area contributed by atoms with Crippen LogP contribution in [-0.4, -0.2) is 42.6 Å². The molecule has 3 aromatic rings. The number of rotatable bonds is 8.